The molecule has 4 nitrogen and oxygen atoms in total. The summed E-state index contributed by atoms with van der Waals surface area (Å²) in [4.78, 5) is 7.24. The minimum absolute atomic E-state index is 0.0172. The second kappa shape index (κ2) is 6.43. The first-order chi connectivity index (χ1) is 12.1. The fraction of sp³-hybridized carbons (Fsp3) is 0.476. The van der Waals surface area contributed by atoms with E-state index in [0.29, 0.717) is 0 Å². The lowest BCUT2D eigenvalue weighted by atomic mass is 9.87. The second-order valence-corrected chi connectivity index (χ2v) is 7.42. The Morgan fingerprint density at radius 3 is 2.76 bits per heavy atom. The van der Waals surface area contributed by atoms with Crippen molar-refractivity contribution in [2.75, 3.05) is 24.6 Å². The monoisotopic (exact) mass is 338 g/mol. The molecule has 1 aromatic carbocycles. The molecule has 1 aromatic heterocycles. The van der Waals surface area contributed by atoms with Gasteiger partial charge in [-0.1, -0.05) is 29.8 Å². The predicted molar refractivity (Wildman–Crippen MR) is 101 cm³/mol. The number of benzene rings is 1. The van der Waals surface area contributed by atoms with Crippen LogP contribution in [0.3, 0.4) is 0 Å². The molecular weight excluding hydrogens is 312 g/mol. The molecule has 2 aliphatic rings. The first kappa shape index (κ1) is 16.6. The predicted octanol–water partition coefficient (Wildman–Crippen LogP) is 3.74. The van der Waals surface area contributed by atoms with E-state index >= 15 is 0 Å². The molecule has 0 radical (unpaired) electrons. The number of ether oxygens (including phenoxy) is 1. The Hall–Kier alpha value is -1.91. The van der Waals surface area contributed by atoms with E-state index in [2.05, 4.69) is 43.0 Å². The number of fused-ring (bicyclic) bond motifs is 1. The maximum Gasteiger partial charge on any atom is 0.134 e. The van der Waals surface area contributed by atoms with Gasteiger partial charge in [0.15, 0.2) is 0 Å². The van der Waals surface area contributed by atoms with Crippen LogP contribution in [0.2, 0.25) is 0 Å². The van der Waals surface area contributed by atoms with Gasteiger partial charge in [0.05, 0.1) is 24.3 Å². The van der Waals surface area contributed by atoms with Crippen LogP contribution in [0.15, 0.2) is 35.9 Å². The quantitative estimate of drug-likeness (QED) is 0.847. The van der Waals surface area contributed by atoms with Crippen LogP contribution in [0.1, 0.15) is 37.3 Å². The van der Waals surface area contributed by atoms with Crippen molar-refractivity contribution in [3.8, 4) is 0 Å². The molecule has 0 unspecified atom stereocenters. The molecule has 2 aliphatic heterocycles. The molecule has 0 bridgehead atoms. The molecule has 1 fully saturated rings. The molecule has 1 saturated heterocycles. The Kier molecular flexibility index (Phi) is 4.26. The lowest BCUT2D eigenvalue weighted by Gasteiger charge is -2.43. The van der Waals surface area contributed by atoms with E-state index < -0.39 is 0 Å². The maximum absolute atomic E-state index is 9.85. The Balaban J connectivity index is 1.64. The Morgan fingerprint density at radius 2 is 2.04 bits per heavy atom. The molecule has 0 aliphatic carbocycles. The lowest BCUT2D eigenvalue weighted by Crippen LogP contribution is -2.47. The molecule has 0 amide bonds. The summed E-state index contributed by atoms with van der Waals surface area (Å²) in [6.45, 7) is 6.95. The molecule has 0 saturated carbocycles. The highest BCUT2D eigenvalue weighted by atomic mass is 16.5. The standard InChI is InChI=1S/C21H26N2O2/c1-15-6-11-25-21(13-15)7-9-23(10-8-21)20-18(14-24)12-17-5-3-4-16(2)19(17)22-20/h3-5,12-13,24H,6-11,14H2,1-2H3. The van der Waals surface area contributed by atoms with Gasteiger partial charge in [-0.05, 0) is 44.7 Å². The maximum atomic E-state index is 9.85. The molecular formula is C21H26N2O2. The summed E-state index contributed by atoms with van der Waals surface area (Å²) in [5.41, 5.74) is 4.46. The van der Waals surface area contributed by atoms with Crippen LogP contribution in [0.25, 0.3) is 10.9 Å². The average Bonchev–Trinajstić information content (AvgIpc) is 2.62. The Morgan fingerprint density at radius 1 is 1.24 bits per heavy atom. The van der Waals surface area contributed by atoms with Gasteiger partial charge in [-0.2, -0.15) is 0 Å². The number of aliphatic hydroxyl groups is 1. The number of pyridine rings is 1. The summed E-state index contributed by atoms with van der Waals surface area (Å²) in [7, 11) is 0. The van der Waals surface area contributed by atoms with E-state index in [9.17, 15) is 5.11 Å². The normalized spacial score (nSPS) is 20.1. The minimum atomic E-state index is -0.0923. The highest BCUT2D eigenvalue weighted by Crippen LogP contribution is 2.35. The number of hydrogen-bond acceptors (Lipinski definition) is 4. The van der Waals surface area contributed by atoms with Crippen LogP contribution in [-0.2, 0) is 11.3 Å². The van der Waals surface area contributed by atoms with E-state index in [0.717, 1.165) is 61.2 Å². The largest absolute Gasteiger partial charge is 0.392 e. The van der Waals surface area contributed by atoms with Crippen LogP contribution in [-0.4, -0.2) is 35.4 Å². The van der Waals surface area contributed by atoms with E-state index in [1.165, 1.54) is 11.1 Å². The van der Waals surface area contributed by atoms with Crippen LogP contribution in [0.5, 0.6) is 0 Å². The van der Waals surface area contributed by atoms with Crippen molar-refractivity contribution in [3.63, 3.8) is 0 Å². The van der Waals surface area contributed by atoms with Crippen LogP contribution in [0, 0.1) is 6.92 Å². The van der Waals surface area contributed by atoms with Gasteiger partial charge in [-0.25, -0.2) is 4.98 Å². The molecule has 1 N–H and O–H groups in total. The summed E-state index contributed by atoms with van der Waals surface area (Å²) >= 11 is 0. The Bertz CT molecular complexity index is 820. The van der Waals surface area contributed by atoms with Crippen molar-refractivity contribution < 1.29 is 9.84 Å². The highest BCUT2D eigenvalue weighted by Gasteiger charge is 2.36. The third-order valence-electron chi connectivity index (χ3n) is 5.58. The molecule has 4 rings (SSSR count). The number of anilines is 1. The zero-order chi connectivity index (χ0) is 17.4. The van der Waals surface area contributed by atoms with Gasteiger partial charge in [0.25, 0.3) is 0 Å². The smallest absolute Gasteiger partial charge is 0.134 e. The topological polar surface area (TPSA) is 45.6 Å². The average molecular weight is 338 g/mol. The minimum Gasteiger partial charge on any atom is -0.392 e. The second-order valence-electron chi connectivity index (χ2n) is 7.42. The fourth-order valence-corrected chi connectivity index (χ4v) is 4.13. The third-order valence-corrected chi connectivity index (χ3v) is 5.58. The van der Waals surface area contributed by atoms with Gasteiger partial charge in [-0.3, -0.25) is 0 Å². The van der Waals surface area contributed by atoms with Gasteiger partial charge in [0.1, 0.15) is 5.82 Å². The van der Waals surface area contributed by atoms with Gasteiger partial charge in [-0.15, -0.1) is 0 Å². The van der Waals surface area contributed by atoms with Crippen molar-refractivity contribution in [2.24, 2.45) is 0 Å². The van der Waals surface area contributed by atoms with Crippen molar-refractivity contribution >= 4 is 16.7 Å². The fourth-order valence-electron chi connectivity index (χ4n) is 4.13. The Labute approximate surface area is 149 Å². The van der Waals surface area contributed by atoms with E-state index in [-0.39, 0.29) is 12.2 Å². The summed E-state index contributed by atoms with van der Waals surface area (Å²) in [6.07, 6.45) is 5.33. The van der Waals surface area contributed by atoms with E-state index in [1.54, 1.807) is 0 Å². The molecule has 25 heavy (non-hydrogen) atoms. The van der Waals surface area contributed by atoms with E-state index in [4.69, 9.17) is 9.72 Å². The van der Waals surface area contributed by atoms with Crippen molar-refractivity contribution in [1.82, 2.24) is 4.98 Å². The number of nitrogens with zero attached hydrogens (tertiary/aromatic N) is 2. The van der Waals surface area contributed by atoms with Gasteiger partial charge in [0, 0.05) is 24.0 Å². The van der Waals surface area contributed by atoms with E-state index in [1.807, 2.05) is 6.07 Å². The highest BCUT2D eigenvalue weighted by molar-refractivity contribution is 5.84. The lowest BCUT2D eigenvalue weighted by molar-refractivity contribution is -0.0326. The molecule has 3 heterocycles. The number of piperidine rings is 1. The van der Waals surface area contributed by atoms with Crippen molar-refractivity contribution in [1.29, 1.82) is 0 Å². The van der Waals surface area contributed by atoms with Gasteiger partial charge >= 0.3 is 0 Å². The molecule has 4 heteroatoms. The molecule has 2 aromatic rings. The number of para-hydroxylation sites is 1. The summed E-state index contributed by atoms with van der Waals surface area (Å²) < 4.78 is 6.13. The van der Waals surface area contributed by atoms with Crippen LogP contribution >= 0.6 is 0 Å². The number of aryl methyl sites for hydroxylation is 1. The zero-order valence-electron chi connectivity index (χ0n) is 15.1. The van der Waals surface area contributed by atoms with Crippen LogP contribution < -0.4 is 4.90 Å². The zero-order valence-corrected chi connectivity index (χ0v) is 15.1. The van der Waals surface area contributed by atoms with Crippen molar-refractivity contribution in [2.45, 2.75) is 45.3 Å². The number of rotatable bonds is 2. The first-order valence-electron chi connectivity index (χ1n) is 9.18. The SMILES string of the molecule is CC1=CC2(CCN(c3nc4c(C)cccc4cc3CO)CC2)OCC1. The first-order valence-corrected chi connectivity index (χ1v) is 9.18. The molecule has 132 valence electrons. The molecule has 1 spiro atoms. The van der Waals surface area contributed by atoms with Crippen molar-refractivity contribution in [3.05, 3.63) is 47.0 Å². The number of aliphatic hydroxyl groups excluding tert-OH is 1. The van der Waals surface area contributed by atoms with Gasteiger partial charge in [0.2, 0.25) is 0 Å². The van der Waals surface area contributed by atoms with Crippen LogP contribution in [0.4, 0.5) is 5.82 Å². The van der Waals surface area contributed by atoms with Gasteiger partial charge < -0.3 is 14.7 Å². The summed E-state index contributed by atoms with van der Waals surface area (Å²) in [5, 5.41) is 10.9. The molecule has 0 atom stereocenters. The summed E-state index contributed by atoms with van der Waals surface area (Å²) in [6, 6.07) is 8.27. The number of aromatic nitrogens is 1. The third kappa shape index (κ3) is 3.05. The summed E-state index contributed by atoms with van der Waals surface area (Å²) in [5.74, 6) is 0.927. The number of hydrogen-bond donors (Lipinski definition) is 1.